The molecule has 1 unspecified atom stereocenters. The fourth-order valence-corrected chi connectivity index (χ4v) is 8.76. The number of rotatable bonds is 2. The first-order valence-electron chi connectivity index (χ1n) is 17.4. The Morgan fingerprint density at radius 3 is 2.75 bits per heavy atom. The number of aryl methyl sites for hydroxylation is 2. The molecule has 1 fully saturated rings. The lowest BCUT2D eigenvalue weighted by molar-refractivity contribution is -0.132. The van der Waals surface area contributed by atoms with Crippen molar-refractivity contribution in [1.29, 1.82) is 4.78 Å². The van der Waals surface area contributed by atoms with Crippen molar-refractivity contribution < 1.29 is 23.0 Å². The van der Waals surface area contributed by atoms with Crippen LogP contribution in [-0.2, 0) is 33.2 Å². The number of anilines is 2. The quantitative estimate of drug-likeness (QED) is 0.225. The number of ether oxygens (including phenoxy) is 2. The minimum atomic E-state index is -1.31. The van der Waals surface area contributed by atoms with Gasteiger partial charge in [0.05, 0.1) is 40.9 Å². The third kappa shape index (κ3) is 6.36. The molecule has 0 radical (unpaired) electrons. The summed E-state index contributed by atoms with van der Waals surface area (Å²) < 4.78 is 52.4. The third-order valence-electron chi connectivity index (χ3n) is 10.0. The van der Waals surface area contributed by atoms with Crippen LogP contribution in [-0.4, -0.2) is 87.4 Å². The van der Waals surface area contributed by atoms with Gasteiger partial charge in [-0.25, -0.2) is 28.7 Å². The number of imidazole rings is 1. The Balaban J connectivity index is 1.20. The van der Waals surface area contributed by atoms with E-state index in [1.807, 2.05) is 34.6 Å². The molecule has 270 valence electrons. The van der Waals surface area contributed by atoms with Gasteiger partial charge < -0.3 is 29.2 Å². The normalized spacial score (nSPS) is 22.1. The van der Waals surface area contributed by atoms with E-state index in [9.17, 15) is 18.4 Å². The van der Waals surface area contributed by atoms with Crippen molar-refractivity contribution in [2.75, 3.05) is 44.1 Å². The summed E-state index contributed by atoms with van der Waals surface area (Å²) in [6.45, 7) is 3.35. The Morgan fingerprint density at radius 1 is 1.04 bits per heavy atom. The fraction of sp³-hybridized carbons (Fsp3) is 0.378. The van der Waals surface area contributed by atoms with E-state index in [0.29, 0.717) is 82.6 Å². The Bertz CT molecular complexity index is 2220. The van der Waals surface area contributed by atoms with E-state index in [-0.39, 0.29) is 18.5 Å². The first kappa shape index (κ1) is 34.1. The van der Waals surface area contributed by atoms with Gasteiger partial charge in [-0.05, 0) is 73.6 Å². The predicted octanol–water partition coefficient (Wildman–Crippen LogP) is 5.54. The van der Waals surface area contributed by atoms with E-state index in [2.05, 4.69) is 10.3 Å². The maximum absolute atomic E-state index is 15.0. The largest absolute Gasteiger partial charge is 0.492 e. The molecule has 4 bridgehead atoms. The van der Waals surface area contributed by atoms with Gasteiger partial charge in [0.1, 0.15) is 40.1 Å². The van der Waals surface area contributed by atoms with E-state index >= 15 is 0 Å². The molecule has 1 amide bonds. The zero-order valence-corrected chi connectivity index (χ0v) is 29.9. The number of nitrogens with zero attached hydrogens (tertiary/aromatic N) is 7. The van der Waals surface area contributed by atoms with Gasteiger partial charge in [0.15, 0.2) is 0 Å². The minimum absolute atomic E-state index is 0.124. The molecule has 15 heteroatoms. The molecule has 3 aromatic heterocycles. The first-order chi connectivity index (χ1) is 25.2. The summed E-state index contributed by atoms with van der Waals surface area (Å²) >= 11 is 0. The van der Waals surface area contributed by atoms with E-state index in [0.717, 1.165) is 23.9 Å². The molecule has 12 nitrogen and oxygen atoms in total. The average Bonchev–Trinajstić information content (AvgIpc) is 3.69. The van der Waals surface area contributed by atoms with Crippen LogP contribution >= 0.6 is 0 Å². The minimum Gasteiger partial charge on any atom is -0.492 e. The SMILES string of the molecule is CO[C@H]1CN(C)C(=O)[C@@H]2C[C@@H](CN2c2ncc3c(n2)S(=N)c2ccc(F)cc2OCCCC3)Nc2cccc(n2)-c2cc(F)cc3nc(C)n(c23)C1. The Hall–Kier alpha value is -5.02. The highest BCUT2D eigenvalue weighted by atomic mass is 32.2. The molecule has 4 atom stereocenters. The molecule has 0 spiro atoms. The highest BCUT2D eigenvalue weighted by molar-refractivity contribution is 7.86. The molecule has 1 saturated heterocycles. The van der Waals surface area contributed by atoms with Gasteiger partial charge in [0.2, 0.25) is 11.9 Å². The lowest BCUT2D eigenvalue weighted by Gasteiger charge is -2.30. The fourth-order valence-electron chi connectivity index (χ4n) is 7.44. The van der Waals surface area contributed by atoms with Crippen LogP contribution in [0.5, 0.6) is 5.75 Å². The summed E-state index contributed by atoms with van der Waals surface area (Å²) in [7, 11) is 2.07. The zero-order valence-electron chi connectivity index (χ0n) is 29.1. The van der Waals surface area contributed by atoms with Crippen molar-refractivity contribution in [3.63, 3.8) is 0 Å². The highest BCUT2D eigenvalue weighted by Crippen LogP contribution is 2.35. The van der Waals surface area contributed by atoms with Crippen LogP contribution in [0.15, 0.2) is 64.6 Å². The summed E-state index contributed by atoms with van der Waals surface area (Å²) in [5.74, 6) is 1.000. The Kier molecular flexibility index (Phi) is 9.07. The summed E-state index contributed by atoms with van der Waals surface area (Å²) in [5, 5.41) is 4.06. The topological polar surface area (TPSA) is 134 Å². The van der Waals surface area contributed by atoms with Crippen molar-refractivity contribution in [1.82, 2.24) is 29.4 Å². The van der Waals surface area contributed by atoms with Crippen molar-refractivity contribution >= 4 is 39.4 Å². The first-order valence-corrected chi connectivity index (χ1v) is 18.6. The van der Waals surface area contributed by atoms with Gasteiger partial charge in [-0.2, -0.15) is 0 Å². The summed E-state index contributed by atoms with van der Waals surface area (Å²) in [5.41, 5.74) is 3.32. The van der Waals surface area contributed by atoms with Crippen LogP contribution in [0.1, 0.15) is 30.7 Å². The predicted molar refractivity (Wildman–Crippen MR) is 193 cm³/mol. The number of halogens is 2. The number of nitrogens with one attached hydrogen (secondary N) is 2. The number of benzene rings is 2. The number of carbonyl (C=O) groups excluding carboxylic acids is 1. The summed E-state index contributed by atoms with van der Waals surface area (Å²) in [4.78, 5) is 37.9. The molecule has 0 saturated carbocycles. The van der Waals surface area contributed by atoms with Crippen molar-refractivity contribution in [3.8, 4) is 17.0 Å². The highest BCUT2D eigenvalue weighted by Gasteiger charge is 2.41. The molecule has 52 heavy (non-hydrogen) atoms. The van der Waals surface area contributed by atoms with E-state index in [1.165, 1.54) is 24.3 Å². The second kappa shape index (κ2) is 13.8. The van der Waals surface area contributed by atoms with Crippen LogP contribution in [0.4, 0.5) is 20.5 Å². The van der Waals surface area contributed by atoms with Crippen molar-refractivity contribution in [3.05, 3.63) is 77.8 Å². The van der Waals surface area contributed by atoms with Crippen LogP contribution in [0, 0.1) is 23.3 Å². The number of amides is 1. The van der Waals surface area contributed by atoms with Gasteiger partial charge in [-0.3, -0.25) is 9.57 Å². The van der Waals surface area contributed by atoms with Gasteiger partial charge >= 0.3 is 0 Å². The molecular weight excluding hydrogens is 689 g/mol. The molecule has 3 aliphatic rings. The molecule has 2 aromatic carbocycles. The standard InChI is InChI=1S/C37H39F2N9O3S/c1-21-42-29-14-24(39)13-27-28-8-6-9-33(44-28)43-25-16-30(36(49)46(2)19-26(50-3)20-47(21)34(27)29)48(18-25)37-41-17-22-7-4-5-12-51-31-15-23(38)10-11-32(31)52(40)35(22)45-37/h6,8-11,13-15,17,25-26,30,40H,4-5,7,12,16,18-20H2,1-3H3,(H,43,44)/t25-,26-,30-,52?/m0/s1. The zero-order chi connectivity index (χ0) is 36.1. The van der Waals surface area contributed by atoms with E-state index < -0.39 is 34.5 Å². The number of aromatic nitrogens is 5. The Morgan fingerprint density at radius 2 is 1.90 bits per heavy atom. The maximum Gasteiger partial charge on any atom is 0.245 e. The second-order valence-electron chi connectivity index (χ2n) is 13.5. The molecule has 3 aliphatic heterocycles. The van der Waals surface area contributed by atoms with E-state index in [1.54, 1.807) is 31.3 Å². The lowest BCUT2D eigenvalue weighted by Crippen LogP contribution is -2.47. The van der Waals surface area contributed by atoms with Gasteiger partial charge in [-0.15, -0.1) is 0 Å². The van der Waals surface area contributed by atoms with Crippen LogP contribution < -0.4 is 15.0 Å². The molecule has 0 aliphatic carbocycles. The molecule has 2 N–H and O–H groups in total. The third-order valence-corrected chi connectivity index (χ3v) is 11.5. The number of likely N-dealkylation sites (N-methyl/N-ethyl adjacent to an activating group) is 1. The lowest BCUT2D eigenvalue weighted by atomic mass is 10.1. The van der Waals surface area contributed by atoms with Crippen LogP contribution in [0.3, 0.4) is 0 Å². The molecule has 8 rings (SSSR count). The van der Waals surface area contributed by atoms with Crippen molar-refractivity contribution in [2.45, 2.75) is 67.3 Å². The number of carbonyl (C=O) groups is 1. The number of fused-ring (bicyclic) bond motifs is 7. The smallest absolute Gasteiger partial charge is 0.245 e. The average molecular weight is 728 g/mol. The summed E-state index contributed by atoms with van der Waals surface area (Å²) in [6, 6.07) is 11.9. The monoisotopic (exact) mass is 727 g/mol. The number of hydrogen-bond acceptors (Lipinski definition) is 10. The molecule has 5 aromatic rings. The maximum atomic E-state index is 15.0. The van der Waals surface area contributed by atoms with Gasteiger partial charge in [-0.1, -0.05) is 6.07 Å². The number of methoxy groups -OCH3 is 1. The summed E-state index contributed by atoms with van der Waals surface area (Å²) in [6.07, 6.45) is 4.02. The molecule has 6 heterocycles. The Labute approximate surface area is 302 Å². The second-order valence-corrected chi connectivity index (χ2v) is 15.0. The van der Waals surface area contributed by atoms with Gasteiger partial charge in [0.25, 0.3) is 0 Å². The molecular formula is C37H39F2N9O3S. The van der Waals surface area contributed by atoms with E-state index in [4.69, 9.17) is 24.4 Å². The van der Waals surface area contributed by atoms with Crippen molar-refractivity contribution in [2.24, 2.45) is 0 Å². The van der Waals surface area contributed by atoms with Crippen LogP contribution in [0.25, 0.3) is 22.3 Å². The number of hydrogen-bond donors (Lipinski definition) is 2. The number of pyridine rings is 1. The van der Waals surface area contributed by atoms with Crippen LogP contribution in [0.2, 0.25) is 0 Å². The van der Waals surface area contributed by atoms with Gasteiger partial charge in [0, 0.05) is 62.7 Å².